The molecule has 0 saturated heterocycles. The fourth-order valence-corrected chi connectivity index (χ4v) is 5.35. The molecule has 188 valence electrons. The van der Waals surface area contributed by atoms with Gasteiger partial charge in [0.15, 0.2) is 11.6 Å². The maximum atomic E-state index is 6.42. The number of benzene rings is 5. The first-order valence-electron chi connectivity index (χ1n) is 13.2. The van der Waals surface area contributed by atoms with Crippen molar-refractivity contribution in [1.29, 1.82) is 0 Å². The highest BCUT2D eigenvalue weighted by atomic mass is 16.5. The van der Waals surface area contributed by atoms with Crippen molar-refractivity contribution in [2.24, 2.45) is 0 Å². The van der Waals surface area contributed by atoms with Gasteiger partial charge >= 0.3 is 0 Å². The smallest absolute Gasteiger partial charge is 0.238 e. The maximum absolute atomic E-state index is 6.42. The van der Waals surface area contributed by atoms with Gasteiger partial charge in [-0.15, -0.1) is 0 Å². The van der Waals surface area contributed by atoms with Crippen LogP contribution in [0.3, 0.4) is 0 Å². The van der Waals surface area contributed by atoms with Crippen molar-refractivity contribution in [3.63, 3.8) is 0 Å². The molecule has 7 aromatic rings. The van der Waals surface area contributed by atoms with Crippen molar-refractivity contribution in [3.05, 3.63) is 132 Å². The number of hydrogen-bond acceptors (Lipinski definition) is 4. The van der Waals surface area contributed by atoms with E-state index in [2.05, 4.69) is 53.1 Å². The van der Waals surface area contributed by atoms with Gasteiger partial charge in [0.05, 0.1) is 11.0 Å². The minimum absolute atomic E-state index is 0.570. The number of para-hydroxylation sites is 2. The van der Waals surface area contributed by atoms with Crippen LogP contribution in [0.4, 0.5) is 0 Å². The van der Waals surface area contributed by atoms with E-state index < -0.39 is 0 Å². The van der Waals surface area contributed by atoms with Crippen LogP contribution in [0.25, 0.3) is 62.7 Å². The molecule has 5 aromatic carbocycles. The van der Waals surface area contributed by atoms with Gasteiger partial charge < -0.3 is 4.74 Å². The fourth-order valence-electron chi connectivity index (χ4n) is 5.35. The monoisotopic (exact) mass is 514 g/mol. The van der Waals surface area contributed by atoms with E-state index in [1.165, 1.54) is 0 Å². The van der Waals surface area contributed by atoms with Crippen LogP contribution >= 0.6 is 0 Å². The standard InChI is InChI=1S/C35H22N4O/c1-3-12-24(13-4-1)33-36-34(25-14-5-2-6-15-25)38-35(37-33)39-29-17-9-8-16-27(29)28-22-32-26(21-30(28)39)20-19-23-11-7-10-18-31(23)40-32/h1-22H. The molecule has 0 saturated carbocycles. The molecule has 2 aromatic heterocycles. The molecule has 5 heteroatoms. The average Bonchev–Trinajstić information content (AvgIpc) is 3.22. The van der Waals surface area contributed by atoms with Crippen molar-refractivity contribution in [3.8, 4) is 40.2 Å². The molecule has 0 fully saturated rings. The topological polar surface area (TPSA) is 52.8 Å². The SMILES string of the molecule is C1=Cc2cc3c(cc2Oc2ccccc21)c1ccccc1n3-c1nc(-c2ccccc2)nc(-c2ccccc2)n1. The molecule has 8 rings (SSSR count). The minimum Gasteiger partial charge on any atom is -0.456 e. The van der Waals surface area contributed by atoms with Crippen LogP contribution < -0.4 is 4.74 Å². The Balaban J connectivity index is 1.42. The summed E-state index contributed by atoms with van der Waals surface area (Å²) in [6.07, 6.45) is 4.21. The number of nitrogens with zero attached hydrogens (tertiary/aromatic N) is 4. The predicted molar refractivity (Wildman–Crippen MR) is 160 cm³/mol. The molecular weight excluding hydrogens is 492 g/mol. The van der Waals surface area contributed by atoms with Crippen molar-refractivity contribution >= 4 is 34.0 Å². The third kappa shape index (κ3) is 3.68. The van der Waals surface area contributed by atoms with E-state index in [9.17, 15) is 0 Å². The molecule has 3 heterocycles. The van der Waals surface area contributed by atoms with Gasteiger partial charge in [0.2, 0.25) is 5.95 Å². The Hall–Kier alpha value is -5.55. The van der Waals surface area contributed by atoms with Crippen LogP contribution in [-0.2, 0) is 0 Å². The Morgan fingerprint density at radius 1 is 0.475 bits per heavy atom. The zero-order valence-corrected chi connectivity index (χ0v) is 21.4. The molecule has 0 spiro atoms. The third-order valence-corrected chi connectivity index (χ3v) is 7.27. The summed E-state index contributed by atoms with van der Waals surface area (Å²) in [4.78, 5) is 14.9. The van der Waals surface area contributed by atoms with Crippen LogP contribution in [0.5, 0.6) is 11.5 Å². The Morgan fingerprint density at radius 3 is 1.85 bits per heavy atom. The fraction of sp³-hybridized carbons (Fsp3) is 0. The lowest BCUT2D eigenvalue weighted by Crippen LogP contribution is -2.06. The lowest BCUT2D eigenvalue weighted by Gasteiger charge is -2.12. The quantitative estimate of drug-likeness (QED) is 0.237. The van der Waals surface area contributed by atoms with E-state index >= 15 is 0 Å². The molecule has 0 radical (unpaired) electrons. The zero-order chi connectivity index (χ0) is 26.5. The molecule has 0 N–H and O–H groups in total. The molecule has 0 bridgehead atoms. The van der Waals surface area contributed by atoms with E-state index in [4.69, 9.17) is 19.7 Å². The highest BCUT2D eigenvalue weighted by molar-refractivity contribution is 6.10. The summed E-state index contributed by atoms with van der Waals surface area (Å²) in [6.45, 7) is 0. The van der Waals surface area contributed by atoms with Crippen molar-refractivity contribution in [1.82, 2.24) is 19.5 Å². The first-order chi connectivity index (χ1) is 19.8. The van der Waals surface area contributed by atoms with E-state index in [0.717, 1.165) is 55.6 Å². The van der Waals surface area contributed by atoms with Crippen molar-refractivity contribution < 1.29 is 4.74 Å². The van der Waals surface area contributed by atoms with Crippen molar-refractivity contribution in [2.75, 3.05) is 0 Å². The molecule has 0 amide bonds. The lowest BCUT2D eigenvalue weighted by atomic mass is 10.1. The number of fused-ring (bicyclic) bond motifs is 5. The van der Waals surface area contributed by atoms with Crippen molar-refractivity contribution in [2.45, 2.75) is 0 Å². The van der Waals surface area contributed by atoms with Crippen LogP contribution in [-0.4, -0.2) is 19.5 Å². The van der Waals surface area contributed by atoms with Gasteiger partial charge in [-0.2, -0.15) is 9.97 Å². The molecule has 5 nitrogen and oxygen atoms in total. The predicted octanol–water partition coefficient (Wildman–Crippen LogP) is 8.58. The van der Waals surface area contributed by atoms with Crippen LogP contribution in [0.15, 0.2) is 121 Å². The molecule has 0 aliphatic carbocycles. The molecule has 1 aliphatic heterocycles. The van der Waals surface area contributed by atoms with E-state index in [1.54, 1.807) is 0 Å². The van der Waals surface area contributed by atoms with Crippen LogP contribution in [0, 0.1) is 0 Å². The van der Waals surface area contributed by atoms with Gasteiger partial charge in [0.25, 0.3) is 0 Å². The highest BCUT2D eigenvalue weighted by Gasteiger charge is 2.20. The average molecular weight is 515 g/mol. The second-order valence-electron chi connectivity index (χ2n) is 9.75. The Morgan fingerprint density at radius 2 is 1.10 bits per heavy atom. The summed E-state index contributed by atoms with van der Waals surface area (Å²) in [5.41, 5.74) is 5.94. The summed E-state index contributed by atoms with van der Waals surface area (Å²) >= 11 is 0. The zero-order valence-electron chi connectivity index (χ0n) is 21.4. The van der Waals surface area contributed by atoms with Crippen LogP contribution in [0.1, 0.15) is 11.1 Å². The summed E-state index contributed by atoms with van der Waals surface area (Å²) in [5.74, 6) is 3.49. The molecule has 1 aliphatic rings. The second-order valence-corrected chi connectivity index (χ2v) is 9.75. The summed E-state index contributed by atoms with van der Waals surface area (Å²) < 4.78 is 8.55. The Labute approximate surface area is 230 Å². The summed E-state index contributed by atoms with van der Waals surface area (Å²) in [5, 5.41) is 2.18. The minimum atomic E-state index is 0.570. The summed E-state index contributed by atoms with van der Waals surface area (Å²) in [7, 11) is 0. The van der Waals surface area contributed by atoms with E-state index in [0.29, 0.717) is 17.6 Å². The number of aromatic nitrogens is 4. The van der Waals surface area contributed by atoms with Gasteiger partial charge in [-0.1, -0.05) is 109 Å². The van der Waals surface area contributed by atoms with Gasteiger partial charge in [0, 0.05) is 33.0 Å². The number of ether oxygens (including phenoxy) is 1. The molecule has 0 unspecified atom stereocenters. The first-order valence-corrected chi connectivity index (χ1v) is 13.2. The Kier molecular flexibility index (Phi) is 5.07. The Bertz CT molecular complexity index is 2020. The van der Waals surface area contributed by atoms with Gasteiger partial charge in [-0.3, -0.25) is 4.57 Å². The van der Waals surface area contributed by atoms with E-state index in [-0.39, 0.29) is 0 Å². The normalized spacial score (nSPS) is 12.1. The lowest BCUT2D eigenvalue weighted by molar-refractivity contribution is 0.482. The second kappa shape index (κ2) is 9.03. The van der Waals surface area contributed by atoms with E-state index in [1.807, 2.05) is 84.9 Å². The molecular formula is C35H22N4O. The molecule has 40 heavy (non-hydrogen) atoms. The number of hydrogen-bond donors (Lipinski definition) is 0. The first kappa shape index (κ1) is 22.4. The highest BCUT2D eigenvalue weighted by Crippen LogP contribution is 2.40. The maximum Gasteiger partial charge on any atom is 0.238 e. The van der Waals surface area contributed by atoms with Gasteiger partial charge in [0.1, 0.15) is 11.5 Å². The largest absolute Gasteiger partial charge is 0.456 e. The van der Waals surface area contributed by atoms with Crippen LogP contribution in [0.2, 0.25) is 0 Å². The number of rotatable bonds is 3. The van der Waals surface area contributed by atoms with Gasteiger partial charge in [-0.05, 0) is 24.3 Å². The third-order valence-electron chi connectivity index (χ3n) is 7.27. The summed E-state index contributed by atoms with van der Waals surface area (Å²) in [6, 6.07) is 40.9. The molecule has 0 atom stereocenters. The van der Waals surface area contributed by atoms with Gasteiger partial charge in [-0.25, -0.2) is 4.98 Å².